The second kappa shape index (κ2) is 16.2. The Morgan fingerprint density at radius 3 is 1.88 bits per heavy atom. The third kappa shape index (κ3) is 8.75. The summed E-state index contributed by atoms with van der Waals surface area (Å²) in [6.07, 6.45) is 0.557. The fraction of sp³-hybridized carbons (Fsp3) is 0.273. The van der Waals surface area contributed by atoms with E-state index in [0.717, 1.165) is 22.3 Å². The zero-order valence-corrected chi connectivity index (χ0v) is 30.4. The van der Waals surface area contributed by atoms with Crippen molar-refractivity contribution < 1.29 is 28.6 Å². The van der Waals surface area contributed by atoms with Gasteiger partial charge >= 0.3 is 11.9 Å². The average Bonchev–Trinajstić information content (AvgIpc) is 3.61. The lowest BCUT2D eigenvalue weighted by Gasteiger charge is -2.37. The number of halogens is 1. The van der Waals surface area contributed by atoms with E-state index in [0.29, 0.717) is 31.4 Å². The molecule has 0 aromatic heterocycles. The molecule has 6 nitrogen and oxygen atoms in total. The monoisotopic (exact) mass is 717 g/mol. The lowest BCUT2D eigenvalue weighted by molar-refractivity contribution is -0.164. The quantitative estimate of drug-likeness (QED) is 0.0930. The molecule has 0 radical (unpaired) electrons. The Morgan fingerprint density at radius 2 is 1.37 bits per heavy atom. The summed E-state index contributed by atoms with van der Waals surface area (Å²) in [6.45, 7) is 6.06. The molecule has 0 saturated carbocycles. The number of esters is 1. The predicted molar refractivity (Wildman–Crippen MR) is 204 cm³/mol. The summed E-state index contributed by atoms with van der Waals surface area (Å²) in [6, 6.07) is 42.2. The first-order chi connectivity index (χ1) is 25.0. The SMILES string of the molecule is CC(C)(C)OC(=O)C(Oc1ccc(CCc2ccc(F)cc2)c(C(=O)O)c1)[C@@H]1C[C@H](SC(c2ccccc2)(c2ccccc2)c2ccccc2)CN1. The van der Waals surface area contributed by atoms with E-state index in [1.807, 2.05) is 50.7 Å². The maximum absolute atomic E-state index is 13.8. The number of rotatable bonds is 13. The standard InChI is InChI=1S/C44H44FNO5S/c1-43(2,3)51-42(49)40(50-36-26-23-31(38(27-36)41(47)48)22-19-30-20-24-35(45)25-21-30)39-28-37(29-46-39)52-44(32-13-7-4-8-14-32,33-15-9-5-10-16-33)34-17-11-6-12-18-34/h4-18,20-21,23-27,37,39-40,46H,19,22,28-29H2,1-3H3,(H,47,48)/t37-,39-,40?/m0/s1. The average molecular weight is 718 g/mol. The summed E-state index contributed by atoms with van der Waals surface area (Å²) in [5.41, 5.74) is 4.31. The van der Waals surface area contributed by atoms with Crippen LogP contribution in [0.2, 0.25) is 0 Å². The predicted octanol–water partition coefficient (Wildman–Crippen LogP) is 8.85. The zero-order chi connectivity index (χ0) is 36.7. The number of hydrogen-bond donors (Lipinski definition) is 2. The van der Waals surface area contributed by atoms with Crippen LogP contribution in [-0.2, 0) is 27.1 Å². The summed E-state index contributed by atoms with van der Waals surface area (Å²) in [5.74, 6) is -1.67. The van der Waals surface area contributed by atoms with Gasteiger partial charge in [-0.2, -0.15) is 0 Å². The van der Waals surface area contributed by atoms with Gasteiger partial charge in [0.25, 0.3) is 0 Å². The van der Waals surface area contributed by atoms with Crippen molar-refractivity contribution in [2.45, 2.75) is 67.8 Å². The Labute approximate surface area is 309 Å². The topological polar surface area (TPSA) is 84.9 Å². The molecule has 268 valence electrons. The van der Waals surface area contributed by atoms with Crippen LogP contribution in [0.1, 0.15) is 65.4 Å². The molecule has 1 aliphatic heterocycles. The largest absolute Gasteiger partial charge is 0.478 e. The van der Waals surface area contributed by atoms with E-state index in [1.165, 1.54) is 18.2 Å². The lowest BCUT2D eigenvalue weighted by atomic mass is 9.84. The van der Waals surface area contributed by atoms with Gasteiger partial charge in [-0.3, -0.25) is 0 Å². The number of carboxylic acids is 1. The molecule has 52 heavy (non-hydrogen) atoms. The second-order valence-electron chi connectivity index (χ2n) is 14.1. The molecule has 1 saturated heterocycles. The summed E-state index contributed by atoms with van der Waals surface area (Å²) >= 11 is 1.86. The number of ether oxygens (including phenoxy) is 2. The summed E-state index contributed by atoms with van der Waals surface area (Å²) < 4.78 is 25.2. The van der Waals surface area contributed by atoms with Crippen molar-refractivity contribution in [3.8, 4) is 5.75 Å². The smallest absolute Gasteiger partial charge is 0.349 e. The normalized spacial score (nSPS) is 16.6. The van der Waals surface area contributed by atoms with Gasteiger partial charge in [-0.1, -0.05) is 109 Å². The van der Waals surface area contributed by atoms with Crippen molar-refractivity contribution >= 4 is 23.7 Å². The van der Waals surface area contributed by atoms with E-state index in [4.69, 9.17) is 9.47 Å². The maximum Gasteiger partial charge on any atom is 0.349 e. The van der Waals surface area contributed by atoms with Crippen LogP contribution in [0.3, 0.4) is 0 Å². The minimum Gasteiger partial charge on any atom is -0.478 e. The van der Waals surface area contributed by atoms with Gasteiger partial charge in [-0.05, 0) is 92.1 Å². The first kappa shape index (κ1) is 36.9. The van der Waals surface area contributed by atoms with Gasteiger partial charge < -0.3 is 19.9 Å². The molecule has 1 aliphatic rings. The molecule has 1 unspecified atom stereocenters. The third-order valence-electron chi connectivity index (χ3n) is 9.18. The molecule has 0 bridgehead atoms. The highest BCUT2D eigenvalue weighted by atomic mass is 32.2. The summed E-state index contributed by atoms with van der Waals surface area (Å²) in [5, 5.41) is 13.8. The lowest BCUT2D eigenvalue weighted by Crippen LogP contribution is -2.47. The minimum atomic E-state index is -1.09. The fourth-order valence-corrected chi connectivity index (χ4v) is 8.60. The van der Waals surface area contributed by atoms with Gasteiger partial charge in [-0.15, -0.1) is 11.8 Å². The Hall–Kier alpha value is -4.92. The van der Waals surface area contributed by atoms with E-state index in [1.54, 1.807) is 24.3 Å². The number of carbonyl (C=O) groups excluding carboxylic acids is 1. The highest BCUT2D eigenvalue weighted by Crippen LogP contribution is 2.51. The van der Waals surface area contributed by atoms with Crippen molar-refractivity contribution in [3.05, 3.63) is 173 Å². The Morgan fingerprint density at radius 1 is 0.808 bits per heavy atom. The van der Waals surface area contributed by atoms with Crippen molar-refractivity contribution in [2.75, 3.05) is 6.54 Å². The second-order valence-corrected chi connectivity index (χ2v) is 15.6. The van der Waals surface area contributed by atoms with Gasteiger partial charge in [0.05, 0.1) is 16.4 Å². The fourth-order valence-electron chi connectivity index (χ4n) is 6.80. The van der Waals surface area contributed by atoms with Crippen LogP contribution in [0, 0.1) is 5.82 Å². The van der Waals surface area contributed by atoms with Crippen LogP contribution < -0.4 is 10.1 Å². The number of carboxylic acid groups (broad SMARTS) is 1. The molecule has 0 aliphatic carbocycles. The van der Waals surface area contributed by atoms with E-state index in [2.05, 4.69) is 78.1 Å². The van der Waals surface area contributed by atoms with Crippen LogP contribution in [-0.4, -0.2) is 46.6 Å². The molecule has 3 atom stereocenters. The third-order valence-corrected chi connectivity index (χ3v) is 10.9. The number of aromatic carboxylic acids is 1. The molecule has 5 aromatic carbocycles. The molecule has 0 amide bonds. The number of carbonyl (C=O) groups is 2. The molecule has 1 heterocycles. The van der Waals surface area contributed by atoms with Gasteiger partial charge in [0.15, 0.2) is 0 Å². The molecule has 5 aromatic rings. The van der Waals surface area contributed by atoms with Crippen LogP contribution >= 0.6 is 11.8 Å². The van der Waals surface area contributed by atoms with Crippen LogP contribution in [0.4, 0.5) is 4.39 Å². The van der Waals surface area contributed by atoms with Crippen molar-refractivity contribution in [1.29, 1.82) is 0 Å². The molecule has 1 fully saturated rings. The number of nitrogens with one attached hydrogen (secondary N) is 1. The van der Waals surface area contributed by atoms with Crippen molar-refractivity contribution in [1.82, 2.24) is 5.32 Å². The minimum absolute atomic E-state index is 0.0718. The van der Waals surface area contributed by atoms with E-state index >= 15 is 0 Å². The summed E-state index contributed by atoms with van der Waals surface area (Å²) in [4.78, 5) is 26.2. The van der Waals surface area contributed by atoms with Gasteiger partial charge in [-0.25, -0.2) is 14.0 Å². The van der Waals surface area contributed by atoms with Crippen LogP contribution in [0.5, 0.6) is 5.75 Å². The molecular weight excluding hydrogens is 674 g/mol. The van der Waals surface area contributed by atoms with Gasteiger partial charge in [0, 0.05) is 11.8 Å². The van der Waals surface area contributed by atoms with E-state index < -0.39 is 34.4 Å². The molecule has 8 heteroatoms. The first-order valence-corrected chi connectivity index (χ1v) is 18.5. The van der Waals surface area contributed by atoms with E-state index in [9.17, 15) is 19.1 Å². The Bertz CT molecular complexity index is 1850. The Kier molecular flexibility index (Phi) is 11.5. The molecule has 6 rings (SSSR count). The van der Waals surface area contributed by atoms with E-state index in [-0.39, 0.29) is 22.4 Å². The summed E-state index contributed by atoms with van der Waals surface area (Å²) in [7, 11) is 0. The zero-order valence-electron chi connectivity index (χ0n) is 29.6. The maximum atomic E-state index is 13.8. The van der Waals surface area contributed by atoms with Gasteiger partial charge in [0.1, 0.15) is 17.2 Å². The Balaban J connectivity index is 1.28. The van der Waals surface area contributed by atoms with Gasteiger partial charge in [0.2, 0.25) is 6.10 Å². The van der Waals surface area contributed by atoms with Crippen molar-refractivity contribution in [2.24, 2.45) is 0 Å². The number of benzene rings is 5. The molecule has 2 N–H and O–H groups in total. The van der Waals surface area contributed by atoms with Crippen LogP contribution in [0.25, 0.3) is 0 Å². The molecule has 0 spiro atoms. The van der Waals surface area contributed by atoms with Crippen LogP contribution in [0.15, 0.2) is 133 Å². The number of hydrogen-bond acceptors (Lipinski definition) is 6. The first-order valence-electron chi connectivity index (χ1n) is 17.6. The number of thioether (sulfide) groups is 1. The number of aryl methyl sites for hydroxylation is 2. The highest BCUT2D eigenvalue weighted by molar-refractivity contribution is 8.01. The van der Waals surface area contributed by atoms with Crippen molar-refractivity contribution in [3.63, 3.8) is 0 Å². The highest BCUT2D eigenvalue weighted by Gasteiger charge is 2.44. The molecular formula is C44H44FNO5S.